The zero-order valence-corrected chi connectivity index (χ0v) is 8.19. The van der Waals surface area contributed by atoms with Crippen molar-refractivity contribution >= 4 is 28.6 Å². The highest BCUT2D eigenvalue weighted by atomic mass is 79.9. The lowest BCUT2D eigenvalue weighted by atomic mass is 10.2. The van der Waals surface area contributed by atoms with Crippen molar-refractivity contribution < 1.29 is 0 Å². The fraction of sp³-hybridized carbons (Fsp3) is 0.125. The van der Waals surface area contributed by atoms with Gasteiger partial charge in [0.15, 0.2) is 0 Å². The number of nitrogens with zero attached hydrogens (tertiary/aromatic N) is 1. The van der Waals surface area contributed by atoms with E-state index in [1.807, 2.05) is 18.2 Å². The number of hydrogen-bond acceptors (Lipinski definition) is 2. The molecule has 0 N–H and O–H groups in total. The van der Waals surface area contributed by atoms with Crippen molar-refractivity contribution in [3.05, 3.63) is 29.3 Å². The first kappa shape index (κ1) is 8.63. The summed E-state index contributed by atoms with van der Waals surface area (Å²) in [6, 6.07) is 7.68. The molecule has 0 aliphatic rings. The van der Waals surface area contributed by atoms with Crippen LogP contribution in [0.4, 0.5) is 0 Å². The molecule has 0 atom stereocenters. The fourth-order valence-corrected chi connectivity index (χ4v) is 1.29. The maximum absolute atomic E-state index is 8.62. The Hall–Kier alpha value is -0.460. The molecule has 1 aromatic carbocycles. The average molecular weight is 228 g/mol. The van der Waals surface area contributed by atoms with E-state index in [0.29, 0.717) is 5.56 Å². The molecule has 0 aliphatic carbocycles. The van der Waals surface area contributed by atoms with E-state index in [2.05, 4.69) is 34.6 Å². The third-order valence-corrected chi connectivity index (χ3v) is 2.37. The van der Waals surface area contributed by atoms with Crippen LogP contribution >= 0.6 is 28.6 Å². The molecular weight excluding hydrogens is 222 g/mol. The van der Waals surface area contributed by atoms with Crippen LogP contribution in [-0.2, 0) is 5.33 Å². The molecule has 1 aromatic rings. The minimum absolute atomic E-state index is 0.630. The Morgan fingerprint density at radius 1 is 1.55 bits per heavy atom. The molecule has 0 amide bonds. The molecule has 0 fully saturated rings. The van der Waals surface area contributed by atoms with E-state index in [1.54, 1.807) is 0 Å². The lowest BCUT2D eigenvalue weighted by molar-refractivity contribution is 1.31. The highest BCUT2D eigenvalue weighted by Crippen LogP contribution is 2.16. The lowest BCUT2D eigenvalue weighted by Gasteiger charge is -1.97. The Bertz CT molecular complexity index is 303. The van der Waals surface area contributed by atoms with Gasteiger partial charge in [-0.3, -0.25) is 0 Å². The minimum atomic E-state index is 0.630. The number of benzene rings is 1. The van der Waals surface area contributed by atoms with Crippen LogP contribution in [0.5, 0.6) is 0 Å². The molecule has 0 aliphatic heterocycles. The number of rotatable bonds is 1. The summed E-state index contributed by atoms with van der Waals surface area (Å²) < 4.78 is 0. The zero-order valence-electron chi connectivity index (χ0n) is 5.71. The van der Waals surface area contributed by atoms with Crippen LogP contribution in [0.2, 0.25) is 0 Å². The largest absolute Gasteiger partial charge is 0.192 e. The summed E-state index contributed by atoms with van der Waals surface area (Å²) in [6.07, 6.45) is 0. The maximum Gasteiger partial charge on any atom is 0.100 e. The summed E-state index contributed by atoms with van der Waals surface area (Å²) in [5.41, 5.74) is 1.73. The summed E-state index contributed by atoms with van der Waals surface area (Å²) in [4.78, 5) is 0.734. The predicted molar refractivity (Wildman–Crippen MR) is 51.0 cm³/mol. The van der Waals surface area contributed by atoms with Gasteiger partial charge in [0.05, 0.1) is 5.56 Å². The molecule has 0 bridgehead atoms. The number of thiol groups is 1. The first-order valence-electron chi connectivity index (χ1n) is 3.06. The van der Waals surface area contributed by atoms with Crippen LogP contribution in [0.25, 0.3) is 0 Å². The highest BCUT2D eigenvalue weighted by Gasteiger charge is 1.97. The van der Waals surface area contributed by atoms with E-state index < -0.39 is 0 Å². The van der Waals surface area contributed by atoms with E-state index in [1.165, 1.54) is 0 Å². The first-order valence-corrected chi connectivity index (χ1v) is 4.62. The van der Waals surface area contributed by atoms with E-state index >= 15 is 0 Å². The van der Waals surface area contributed by atoms with Gasteiger partial charge in [0.1, 0.15) is 6.07 Å². The average Bonchev–Trinajstić information content (AvgIpc) is 2.05. The van der Waals surface area contributed by atoms with Gasteiger partial charge in [-0.05, 0) is 17.7 Å². The fourth-order valence-electron chi connectivity index (χ4n) is 0.756. The molecule has 0 saturated heterocycles. The highest BCUT2D eigenvalue weighted by molar-refractivity contribution is 9.08. The monoisotopic (exact) mass is 227 g/mol. The number of hydrogen-bond donors (Lipinski definition) is 1. The van der Waals surface area contributed by atoms with Gasteiger partial charge < -0.3 is 0 Å². The summed E-state index contributed by atoms with van der Waals surface area (Å²) in [6.45, 7) is 0. The van der Waals surface area contributed by atoms with Crippen molar-refractivity contribution in [2.75, 3.05) is 0 Å². The van der Waals surface area contributed by atoms with Crippen molar-refractivity contribution in [1.82, 2.24) is 0 Å². The molecule has 1 nitrogen and oxygen atoms in total. The number of nitriles is 1. The van der Waals surface area contributed by atoms with Crippen LogP contribution in [0, 0.1) is 11.3 Å². The van der Waals surface area contributed by atoms with Gasteiger partial charge in [0.2, 0.25) is 0 Å². The molecule has 0 unspecified atom stereocenters. The second-order valence-corrected chi connectivity index (χ2v) is 3.14. The molecule has 1 rings (SSSR count). The molecule has 0 radical (unpaired) electrons. The van der Waals surface area contributed by atoms with Crippen molar-refractivity contribution in [2.24, 2.45) is 0 Å². The standard InChI is InChI=1S/C8H6BrNS/c9-4-6-1-2-8(11)7(3-6)5-10/h1-3,11H,4H2. The van der Waals surface area contributed by atoms with Gasteiger partial charge in [0.25, 0.3) is 0 Å². The SMILES string of the molecule is N#Cc1cc(CBr)ccc1S. The van der Waals surface area contributed by atoms with E-state index in [0.717, 1.165) is 15.8 Å². The van der Waals surface area contributed by atoms with Gasteiger partial charge in [-0.25, -0.2) is 0 Å². The Kier molecular flexibility index (Phi) is 2.98. The minimum Gasteiger partial charge on any atom is -0.192 e. The first-order chi connectivity index (χ1) is 5.27. The van der Waals surface area contributed by atoms with Gasteiger partial charge in [-0.15, -0.1) is 12.6 Å². The van der Waals surface area contributed by atoms with Crippen LogP contribution in [0.15, 0.2) is 23.1 Å². The lowest BCUT2D eigenvalue weighted by Crippen LogP contribution is -1.81. The summed E-state index contributed by atoms with van der Waals surface area (Å²) in [5, 5.41) is 9.40. The normalized spacial score (nSPS) is 9.18. The predicted octanol–water partition coefficient (Wildman–Crippen LogP) is 2.74. The van der Waals surface area contributed by atoms with Gasteiger partial charge in [-0.1, -0.05) is 22.0 Å². The van der Waals surface area contributed by atoms with Crippen molar-refractivity contribution in [3.63, 3.8) is 0 Å². The van der Waals surface area contributed by atoms with Gasteiger partial charge in [0, 0.05) is 10.2 Å². The Balaban J connectivity index is 3.15. The Morgan fingerprint density at radius 3 is 2.82 bits per heavy atom. The Labute approximate surface area is 79.6 Å². The number of alkyl halides is 1. The van der Waals surface area contributed by atoms with Crippen molar-refractivity contribution in [1.29, 1.82) is 5.26 Å². The Morgan fingerprint density at radius 2 is 2.27 bits per heavy atom. The molecule has 0 aromatic heterocycles. The van der Waals surface area contributed by atoms with Gasteiger partial charge >= 0.3 is 0 Å². The molecule has 3 heteroatoms. The van der Waals surface area contributed by atoms with Crippen molar-refractivity contribution in [3.8, 4) is 6.07 Å². The quantitative estimate of drug-likeness (QED) is 0.579. The smallest absolute Gasteiger partial charge is 0.100 e. The van der Waals surface area contributed by atoms with E-state index in [-0.39, 0.29) is 0 Å². The maximum atomic E-state index is 8.62. The van der Waals surface area contributed by atoms with Crippen LogP contribution < -0.4 is 0 Å². The number of halogens is 1. The molecule has 11 heavy (non-hydrogen) atoms. The molecule has 0 spiro atoms. The third-order valence-electron chi connectivity index (χ3n) is 1.34. The summed E-state index contributed by atoms with van der Waals surface area (Å²) >= 11 is 7.44. The molecule has 0 heterocycles. The molecular formula is C8H6BrNS. The van der Waals surface area contributed by atoms with Crippen LogP contribution in [-0.4, -0.2) is 0 Å². The van der Waals surface area contributed by atoms with Crippen LogP contribution in [0.1, 0.15) is 11.1 Å². The summed E-state index contributed by atoms with van der Waals surface area (Å²) in [7, 11) is 0. The van der Waals surface area contributed by atoms with Gasteiger partial charge in [-0.2, -0.15) is 5.26 Å². The van der Waals surface area contributed by atoms with E-state index in [4.69, 9.17) is 5.26 Å². The third kappa shape index (κ3) is 1.98. The van der Waals surface area contributed by atoms with Crippen molar-refractivity contribution in [2.45, 2.75) is 10.2 Å². The summed E-state index contributed by atoms with van der Waals surface area (Å²) in [5.74, 6) is 0. The van der Waals surface area contributed by atoms with E-state index in [9.17, 15) is 0 Å². The second kappa shape index (κ2) is 3.80. The molecule has 0 saturated carbocycles. The molecule has 56 valence electrons. The zero-order chi connectivity index (χ0) is 8.27. The van der Waals surface area contributed by atoms with Crippen LogP contribution in [0.3, 0.4) is 0 Å². The topological polar surface area (TPSA) is 23.8 Å². The second-order valence-electron chi connectivity index (χ2n) is 2.10.